The maximum absolute atomic E-state index is 12.2. The normalized spacial score (nSPS) is 41.0. The average molecular weight is 362 g/mol. The summed E-state index contributed by atoms with van der Waals surface area (Å²) in [7, 11) is 0. The molecule has 0 radical (unpaired) electrons. The van der Waals surface area contributed by atoms with Crippen molar-refractivity contribution in [3.05, 3.63) is 36.5 Å². The number of fused-ring (bicyclic) bond motifs is 1. The zero-order valence-corrected chi connectivity index (χ0v) is 14.8. The lowest BCUT2D eigenvalue weighted by molar-refractivity contribution is -0.195. The molecule has 7 heteroatoms. The van der Waals surface area contributed by atoms with Crippen LogP contribution < -0.4 is 0 Å². The highest BCUT2D eigenvalue weighted by atomic mass is 16.6. The summed E-state index contributed by atoms with van der Waals surface area (Å²) in [5, 5.41) is 11.0. The summed E-state index contributed by atoms with van der Waals surface area (Å²) in [6, 6.07) is 0. The summed E-state index contributed by atoms with van der Waals surface area (Å²) in [6.45, 7) is 14.7. The smallest absolute Gasteiger partial charge is 0.334 e. The molecule has 3 aliphatic rings. The van der Waals surface area contributed by atoms with E-state index in [-0.39, 0.29) is 22.8 Å². The lowest BCUT2D eigenvalue weighted by Gasteiger charge is -2.51. The highest BCUT2D eigenvalue weighted by molar-refractivity contribution is 5.92. The Hall–Kier alpha value is -2.25. The van der Waals surface area contributed by atoms with Gasteiger partial charge in [0.15, 0.2) is 0 Å². The van der Waals surface area contributed by atoms with Crippen molar-refractivity contribution in [2.45, 2.75) is 38.3 Å². The molecule has 2 aliphatic heterocycles. The molecule has 0 aromatic rings. The Balaban J connectivity index is 2.13. The van der Waals surface area contributed by atoms with E-state index in [1.807, 2.05) is 0 Å². The molecule has 0 bridgehead atoms. The van der Waals surface area contributed by atoms with Gasteiger partial charge in [0.1, 0.15) is 24.6 Å². The van der Waals surface area contributed by atoms with Crippen LogP contribution in [0.5, 0.6) is 0 Å². The van der Waals surface area contributed by atoms with Gasteiger partial charge in [-0.3, -0.25) is 4.79 Å². The Kier molecular flexibility index (Phi) is 4.40. The predicted molar refractivity (Wildman–Crippen MR) is 89.8 cm³/mol. The SMILES string of the molecule is C=C(C)C(=O)O[C@@H]1[C@@H]2C(=C)C(=O)O[C@H]2[C@@H](O)[C@@](C)([C@@H]2CO2)[C@@H]1C(=C)C=O. The molecule has 3 fully saturated rings. The van der Waals surface area contributed by atoms with Crippen molar-refractivity contribution in [2.75, 3.05) is 6.61 Å². The van der Waals surface area contributed by atoms with Crippen LogP contribution in [0.1, 0.15) is 13.8 Å². The van der Waals surface area contributed by atoms with E-state index in [0.29, 0.717) is 12.9 Å². The number of ether oxygens (including phenoxy) is 3. The van der Waals surface area contributed by atoms with Gasteiger partial charge in [0.2, 0.25) is 0 Å². The van der Waals surface area contributed by atoms with Gasteiger partial charge < -0.3 is 19.3 Å². The minimum absolute atomic E-state index is 0.0935. The fraction of sp³-hybridized carbons (Fsp3) is 0.526. The molecule has 140 valence electrons. The maximum atomic E-state index is 12.2. The number of aldehydes is 1. The molecule has 0 aromatic carbocycles. The number of aliphatic hydroxyl groups excluding tert-OH is 1. The van der Waals surface area contributed by atoms with Gasteiger partial charge in [-0.05, 0) is 12.5 Å². The summed E-state index contributed by atoms with van der Waals surface area (Å²) in [6.07, 6.45) is -2.84. The van der Waals surface area contributed by atoms with Crippen molar-refractivity contribution in [1.29, 1.82) is 0 Å². The Bertz CT molecular complexity index is 719. The minimum atomic E-state index is -1.13. The zero-order valence-electron chi connectivity index (χ0n) is 14.8. The molecule has 0 aromatic heterocycles. The summed E-state index contributed by atoms with van der Waals surface area (Å²) >= 11 is 0. The van der Waals surface area contributed by atoms with E-state index < -0.39 is 47.5 Å². The number of esters is 2. The average Bonchev–Trinajstić information content (AvgIpc) is 3.39. The lowest BCUT2D eigenvalue weighted by atomic mass is 9.56. The van der Waals surface area contributed by atoms with Crippen LogP contribution in [-0.2, 0) is 28.6 Å². The maximum Gasteiger partial charge on any atom is 0.334 e. The first-order valence-electron chi connectivity index (χ1n) is 8.34. The molecule has 1 saturated carbocycles. The van der Waals surface area contributed by atoms with Crippen molar-refractivity contribution >= 4 is 18.2 Å². The Morgan fingerprint density at radius 3 is 2.54 bits per heavy atom. The van der Waals surface area contributed by atoms with Gasteiger partial charge in [-0.25, -0.2) is 9.59 Å². The molecular formula is C19H22O7. The van der Waals surface area contributed by atoms with Crippen LogP contribution in [0.15, 0.2) is 36.5 Å². The van der Waals surface area contributed by atoms with Crippen molar-refractivity contribution in [3.63, 3.8) is 0 Å². The molecule has 0 spiro atoms. The van der Waals surface area contributed by atoms with Gasteiger partial charge in [-0.2, -0.15) is 0 Å². The molecule has 0 amide bonds. The van der Waals surface area contributed by atoms with Gasteiger partial charge in [0.05, 0.1) is 18.6 Å². The van der Waals surface area contributed by atoms with Gasteiger partial charge in [0.25, 0.3) is 0 Å². The van der Waals surface area contributed by atoms with Crippen molar-refractivity contribution < 1.29 is 33.7 Å². The van der Waals surface area contributed by atoms with Gasteiger partial charge >= 0.3 is 11.9 Å². The number of hydrogen-bond acceptors (Lipinski definition) is 7. The molecule has 3 rings (SSSR count). The third-order valence-corrected chi connectivity index (χ3v) is 5.73. The van der Waals surface area contributed by atoms with E-state index in [2.05, 4.69) is 19.7 Å². The third kappa shape index (κ3) is 2.54. The fourth-order valence-electron chi connectivity index (χ4n) is 4.20. The lowest BCUT2D eigenvalue weighted by Crippen LogP contribution is -2.63. The van der Waals surface area contributed by atoms with Crippen LogP contribution in [0.25, 0.3) is 0 Å². The van der Waals surface area contributed by atoms with E-state index in [1.54, 1.807) is 6.92 Å². The first-order chi connectivity index (χ1) is 12.1. The molecule has 26 heavy (non-hydrogen) atoms. The van der Waals surface area contributed by atoms with E-state index in [4.69, 9.17) is 14.2 Å². The van der Waals surface area contributed by atoms with E-state index in [1.165, 1.54) is 6.92 Å². The third-order valence-electron chi connectivity index (χ3n) is 5.73. The number of aliphatic hydroxyl groups is 1. The Morgan fingerprint density at radius 1 is 1.42 bits per heavy atom. The molecule has 7 atom stereocenters. The summed E-state index contributed by atoms with van der Waals surface area (Å²) in [5.74, 6) is -2.88. The first kappa shape index (κ1) is 18.5. The molecule has 0 unspecified atom stereocenters. The van der Waals surface area contributed by atoms with Gasteiger partial charge in [0, 0.05) is 22.5 Å². The quantitative estimate of drug-likeness (QED) is 0.333. The number of epoxide rings is 1. The predicted octanol–water partition coefficient (Wildman–Crippen LogP) is 0.723. The van der Waals surface area contributed by atoms with Crippen LogP contribution in [0.3, 0.4) is 0 Å². The highest BCUT2D eigenvalue weighted by Gasteiger charge is 2.68. The minimum Gasteiger partial charge on any atom is -0.458 e. The first-order valence-corrected chi connectivity index (χ1v) is 8.34. The highest BCUT2D eigenvalue weighted by Crippen LogP contribution is 2.56. The van der Waals surface area contributed by atoms with Gasteiger partial charge in [-0.15, -0.1) is 0 Å². The standard InChI is InChI=1S/C19H22O7/c1-8(2)17(22)25-14-12-10(4)18(23)26-15(12)16(21)19(5,11-7-24-11)13(14)9(3)6-20/h6,11-16,21H,1,3-4,7H2,2,5H3/t11-,12-,13+,14+,15+,16+,19-/m0/s1. The number of carbonyl (C=O) groups is 3. The van der Waals surface area contributed by atoms with Gasteiger partial charge in [-0.1, -0.05) is 26.7 Å². The Labute approximate surface area is 151 Å². The molecule has 2 heterocycles. The summed E-state index contributed by atoms with van der Waals surface area (Å²) in [5.41, 5.74) is -0.615. The van der Waals surface area contributed by atoms with Crippen molar-refractivity contribution in [2.24, 2.45) is 17.3 Å². The monoisotopic (exact) mass is 362 g/mol. The van der Waals surface area contributed by atoms with E-state index in [0.717, 1.165) is 0 Å². The van der Waals surface area contributed by atoms with Crippen molar-refractivity contribution in [3.8, 4) is 0 Å². The van der Waals surface area contributed by atoms with Crippen LogP contribution >= 0.6 is 0 Å². The van der Waals surface area contributed by atoms with Crippen LogP contribution in [0.4, 0.5) is 0 Å². The molecule has 7 nitrogen and oxygen atoms in total. The van der Waals surface area contributed by atoms with Crippen molar-refractivity contribution in [1.82, 2.24) is 0 Å². The van der Waals surface area contributed by atoms with Crippen LogP contribution in [-0.4, -0.2) is 54.4 Å². The second-order valence-corrected chi connectivity index (χ2v) is 7.37. The zero-order chi connectivity index (χ0) is 19.4. The summed E-state index contributed by atoms with van der Waals surface area (Å²) in [4.78, 5) is 35.9. The second kappa shape index (κ2) is 6.17. The Morgan fingerprint density at radius 2 is 2.04 bits per heavy atom. The molecule has 1 aliphatic carbocycles. The molecule has 2 saturated heterocycles. The topological polar surface area (TPSA) is 102 Å². The van der Waals surface area contributed by atoms with Crippen LogP contribution in [0.2, 0.25) is 0 Å². The number of hydrogen-bond donors (Lipinski definition) is 1. The molecule has 1 N–H and O–H groups in total. The largest absolute Gasteiger partial charge is 0.458 e. The van der Waals surface area contributed by atoms with E-state index >= 15 is 0 Å². The fourth-order valence-corrected chi connectivity index (χ4v) is 4.20. The molecular weight excluding hydrogens is 340 g/mol. The summed E-state index contributed by atoms with van der Waals surface area (Å²) < 4.78 is 16.4. The number of carbonyl (C=O) groups excluding carboxylic acids is 3. The van der Waals surface area contributed by atoms with Crippen LogP contribution in [0, 0.1) is 17.3 Å². The number of rotatable bonds is 5. The second-order valence-electron chi connectivity index (χ2n) is 7.37. The van der Waals surface area contributed by atoms with E-state index in [9.17, 15) is 19.5 Å².